The molecular formula is C11H16ClN5S. The predicted octanol–water partition coefficient (Wildman–Crippen LogP) is 2.06. The van der Waals surface area contributed by atoms with E-state index in [1.165, 1.54) is 0 Å². The summed E-state index contributed by atoms with van der Waals surface area (Å²) >= 11 is 7.61. The number of rotatable bonds is 5. The highest BCUT2D eigenvalue weighted by Crippen LogP contribution is 2.26. The summed E-state index contributed by atoms with van der Waals surface area (Å²) in [5.41, 5.74) is 1.61. The first-order chi connectivity index (χ1) is 8.58. The van der Waals surface area contributed by atoms with Crippen molar-refractivity contribution in [2.45, 2.75) is 11.4 Å². The minimum atomic E-state index is 0.260. The number of halogens is 1. The van der Waals surface area contributed by atoms with Crippen LogP contribution in [0.3, 0.4) is 0 Å². The smallest absolute Gasteiger partial charge is 0.225 e. The molecule has 0 saturated heterocycles. The van der Waals surface area contributed by atoms with Gasteiger partial charge < -0.3 is 9.47 Å². The van der Waals surface area contributed by atoms with Gasteiger partial charge in [0.15, 0.2) is 5.65 Å². The van der Waals surface area contributed by atoms with Crippen molar-refractivity contribution in [2.24, 2.45) is 7.05 Å². The quantitative estimate of drug-likeness (QED) is 0.364. The van der Waals surface area contributed by atoms with Gasteiger partial charge >= 0.3 is 0 Å². The van der Waals surface area contributed by atoms with Gasteiger partial charge in [0.25, 0.3) is 0 Å². The fourth-order valence-corrected chi connectivity index (χ4v) is 2.85. The molecule has 0 aliphatic carbocycles. The molecule has 0 radical (unpaired) electrons. The molecule has 7 heteroatoms. The van der Waals surface area contributed by atoms with Crippen molar-refractivity contribution in [1.29, 1.82) is 0 Å². The summed E-state index contributed by atoms with van der Waals surface area (Å²) in [6.07, 6.45) is 2.85. The van der Waals surface area contributed by atoms with Gasteiger partial charge in [-0.3, -0.25) is 0 Å². The van der Waals surface area contributed by atoms with E-state index in [1.807, 2.05) is 11.6 Å². The molecule has 0 atom stereocenters. The minimum Gasteiger partial charge on any atom is -0.330 e. The molecule has 2 aromatic rings. The molecule has 2 aromatic heterocycles. The van der Waals surface area contributed by atoms with Crippen LogP contribution in [0, 0.1) is 0 Å². The molecule has 0 unspecified atom stereocenters. The number of aryl methyl sites for hydroxylation is 1. The third kappa shape index (κ3) is 3.13. The second-order valence-corrected chi connectivity index (χ2v) is 5.75. The number of imidazole rings is 1. The maximum atomic E-state index is 5.90. The fourth-order valence-electron chi connectivity index (χ4n) is 1.65. The van der Waals surface area contributed by atoms with E-state index in [2.05, 4.69) is 33.9 Å². The van der Waals surface area contributed by atoms with Gasteiger partial charge in [0.2, 0.25) is 5.28 Å². The van der Waals surface area contributed by atoms with E-state index in [0.717, 1.165) is 29.3 Å². The lowest BCUT2D eigenvalue weighted by Gasteiger charge is -2.09. The van der Waals surface area contributed by atoms with Crippen LogP contribution in [-0.4, -0.2) is 50.8 Å². The Labute approximate surface area is 116 Å². The summed E-state index contributed by atoms with van der Waals surface area (Å²) in [6.45, 7) is 1.07. The van der Waals surface area contributed by atoms with Crippen LogP contribution in [0.25, 0.3) is 11.2 Å². The van der Waals surface area contributed by atoms with E-state index in [-0.39, 0.29) is 5.28 Å². The number of hydrogen-bond donors (Lipinski definition) is 0. The molecule has 98 valence electrons. The molecule has 0 aromatic carbocycles. The Bertz CT molecular complexity index is 539. The first-order valence-corrected chi connectivity index (χ1v) is 7.06. The number of fused-ring (bicyclic) bond motifs is 1. The van der Waals surface area contributed by atoms with Crippen LogP contribution in [-0.2, 0) is 7.05 Å². The number of hydrogen-bond acceptors (Lipinski definition) is 5. The monoisotopic (exact) mass is 285 g/mol. The van der Waals surface area contributed by atoms with Crippen molar-refractivity contribution in [3.05, 3.63) is 11.6 Å². The van der Waals surface area contributed by atoms with Crippen molar-refractivity contribution < 1.29 is 0 Å². The van der Waals surface area contributed by atoms with E-state index in [0.29, 0.717) is 5.65 Å². The van der Waals surface area contributed by atoms with Crippen LogP contribution in [0.4, 0.5) is 0 Å². The van der Waals surface area contributed by atoms with Gasteiger partial charge in [-0.25, -0.2) is 9.97 Å². The Morgan fingerprint density at radius 3 is 2.89 bits per heavy atom. The Morgan fingerprint density at radius 2 is 2.17 bits per heavy atom. The lowest BCUT2D eigenvalue weighted by molar-refractivity contribution is 0.410. The molecule has 2 rings (SSSR count). The van der Waals surface area contributed by atoms with E-state index >= 15 is 0 Å². The summed E-state index contributed by atoms with van der Waals surface area (Å²) in [5, 5.41) is 1.17. The van der Waals surface area contributed by atoms with Crippen molar-refractivity contribution >= 4 is 34.5 Å². The molecule has 0 spiro atoms. The Kier molecular flexibility index (Phi) is 4.42. The summed E-state index contributed by atoms with van der Waals surface area (Å²) in [5.74, 6) is 1.01. The fraction of sp³-hybridized carbons (Fsp3) is 0.545. The van der Waals surface area contributed by atoms with Gasteiger partial charge in [0.1, 0.15) is 10.5 Å². The summed E-state index contributed by atoms with van der Waals surface area (Å²) in [6, 6.07) is 0. The highest BCUT2D eigenvalue weighted by atomic mass is 35.5. The van der Waals surface area contributed by atoms with Gasteiger partial charge in [-0.15, -0.1) is 11.8 Å². The zero-order chi connectivity index (χ0) is 13.1. The highest BCUT2D eigenvalue weighted by Gasteiger charge is 2.11. The van der Waals surface area contributed by atoms with Gasteiger partial charge in [0.05, 0.1) is 6.33 Å². The molecule has 18 heavy (non-hydrogen) atoms. The molecule has 2 heterocycles. The zero-order valence-electron chi connectivity index (χ0n) is 10.7. The van der Waals surface area contributed by atoms with Crippen LogP contribution in [0.5, 0.6) is 0 Å². The first kappa shape index (κ1) is 13.6. The van der Waals surface area contributed by atoms with Crippen molar-refractivity contribution in [1.82, 2.24) is 24.4 Å². The molecule has 0 N–H and O–H groups in total. The van der Waals surface area contributed by atoms with E-state index < -0.39 is 0 Å². The molecule has 0 aliphatic heterocycles. The van der Waals surface area contributed by atoms with Crippen LogP contribution in [0.2, 0.25) is 5.28 Å². The third-order valence-corrected chi connectivity index (χ3v) is 3.72. The Hall–Kier alpha value is -0.850. The second-order valence-electron chi connectivity index (χ2n) is 4.33. The van der Waals surface area contributed by atoms with Crippen LogP contribution in [0.15, 0.2) is 11.4 Å². The lowest BCUT2D eigenvalue weighted by Crippen LogP contribution is -2.13. The lowest BCUT2D eigenvalue weighted by atomic mass is 10.5. The Balaban J connectivity index is 2.14. The average Bonchev–Trinajstić information content (AvgIpc) is 2.66. The molecule has 0 saturated carbocycles. The topological polar surface area (TPSA) is 46.8 Å². The summed E-state index contributed by atoms with van der Waals surface area (Å²) < 4.78 is 1.93. The zero-order valence-corrected chi connectivity index (χ0v) is 12.3. The van der Waals surface area contributed by atoms with Gasteiger partial charge in [-0.2, -0.15) is 4.98 Å². The maximum Gasteiger partial charge on any atom is 0.225 e. The predicted molar refractivity (Wildman–Crippen MR) is 75.2 cm³/mol. The van der Waals surface area contributed by atoms with E-state index in [9.17, 15) is 0 Å². The van der Waals surface area contributed by atoms with Gasteiger partial charge in [-0.05, 0) is 38.7 Å². The SMILES string of the molecule is CN(C)CCCSc1nc(Cl)nc2ncn(C)c12. The number of thioether (sulfide) groups is 1. The van der Waals surface area contributed by atoms with E-state index in [4.69, 9.17) is 11.6 Å². The third-order valence-electron chi connectivity index (χ3n) is 2.50. The average molecular weight is 286 g/mol. The summed E-state index contributed by atoms with van der Waals surface area (Å²) in [4.78, 5) is 14.8. The van der Waals surface area contributed by atoms with Crippen molar-refractivity contribution in [3.63, 3.8) is 0 Å². The number of aromatic nitrogens is 4. The normalized spacial score (nSPS) is 11.6. The highest BCUT2D eigenvalue weighted by molar-refractivity contribution is 7.99. The first-order valence-electron chi connectivity index (χ1n) is 5.70. The molecule has 0 fully saturated rings. The van der Waals surface area contributed by atoms with Crippen molar-refractivity contribution in [3.8, 4) is 0 Å². The van der Waals surface area contributed by atoms with Crippen LogP contribution < -0.4 is 0 Å². The summed E-state index contributed by atoms with van der Waals surface area (Å²) in [7, 11) is 6.09. The van der Waals surface area contributed by atoms with Crippen molar-refractivity contribution in [2.75, 3.05) is 26.4 Å². The Morgan fingerprint density at radius 1 is 1.39 bits per heavy atom. The van der Waals surface area contributed by atoms with Gasteiger partial charge in [0, 0.05) is 12.8 Å². The second kappa shape index (κ2) is 5.86. The van der Waals surface area contributed by atoms with Crippen LogP contribution >= 0.6 is 23.4 Å². The maximum absolute atomic E-state index is 5.90. The molecule has 5 nitrogen and oxygen atoms in total. The molecular weight excluding hydrogens is 270 g/mol. The van der Waals surface area contributed by atoms with Crippen LogP contribution in [0.1, 0.15) is 6.42 Å². The molecule has 0 amide bonds. The number of nitrogens with zero attached hydrogens (tertiary/aromatic N) is 5. The van der Waals surface area contributed by atoms with E-state index in [1.54, 1.807) is 18.1 Å². The largest absolute Gasteiger partial charge is 0.330 e. The molecule has 0 aliphatic rings. The molecule has 0 bridgehead atoms. The standard InChI is InChI=1S/C11H16ClN5S/c1-16(2)5-4-6-18-10-8-9(13-7-17(8)3)14-11(12)15-10/h7H,4-6H2,1-3H3. The minimum absolute atomic E-state index is 0.260. The van der Waals surface area contributed by atoms with Gasteiger partial charge in [-0.1, -0.05) is 0 Å².